The Morgan fingerprint density at radius 2 is 0.500 bits per heavy atom. The lowest BCUT2D eigenvalue weighted by Gasteiger charge is -2.53. The molecule has 13 rings (SSSR count). The first-order chi connectivity index (χ1) is 30.1. The maximum Gasteiger partial charge on any atom is 0.251 e. The lowest BCUT2D eigenvalue weighted by atomic mass is 9.18. The van der Waals surface area contributed by atoms with Crippen molar-refractivity contribution in [1.29, 1.82) is 0 Å². The molecule has 5 aliphatic heterocycles. The highest BCUT2D eigenvalue weighted by molar-refractivity contribution is 7.16. The molecule has 0 radical (unpaired) electrons. The lowest BCUT2D eigenvalue weighted by Crippen LogP contribution is -2.81. The Kier molecular flexibility index (Phi) is 7.33. The van der Waals surface area contributed by atoms with E-state index in [4.69, 9.17) is 0 Å². The molecule has 0 N–H and O–H groups in total. The minimum atomic E-state index is -1.81. The average molecular weight is 829 g/mol. The predicted octanol–water partition coefficient (Wildman–Crippen LogP) is 9.26. The molecule has 0 aromatic heterocycles. The smallest absolute Gasteiger partial charge is 0.251 e. The van der Waals surface area contributed by atoms with Crippen molar-refractivity contribution < 1.29 is 0 Å². The van der Waals surface area contributed by atoms with Gasteiger partial charge in [-0.1, -0.05) is 122 Å². The van der Waals surface area contributed by atoms with Crippen LogP contribution in [0.1, 0.15) is 0 Å². The first-order valence-electron chi connectivity index (χ1n) is 22.2. The molecular formula is C54H46B2N4Si2. The fourth-order valence-electron chi connectivity index (χ4n) is 11.5. The molecule has 0 saturated heterocycles. The van der Waals surface area contributed by atoms with E-state index in [0.717, 1.165) is 0 Å². The van der Waals surface area contributed by atoms with E-state index >= 15 is 0 Å². The van der Waals surface area contributed by atoms with Crippen LogP contribution >= 0.6 is 0 Å². The van der Waals surface area contributed by atoms with Gasteiger partial charge >= 0.3 is 0 Å². The molecule has 0 aliphatic carbocycles. The standard InChI is InChI=1S/C54H46B2N4Si2/c1-61(2,3)39-31-45-49-46(32-39)58(36-21-13-8-14-22-36)42-28-30-44-54-52(42)55(49)51-41(57(45)35-19-11-7-12-20-35)27-29-43-53(51)56(54)50-47(59(43)37-23-15-9-16-24-37)33-40(62(4,5)6)34-48(50)60(44)38-25-17-10-18-26-38/h7-34H,1-6H3. The third-order valence-corrected chi connectivity index (χ3v) is 18.2. The quantitative estimate of drug-likeness (QED) is 0.155. The van der Waals surface area contributed by atoms with E-state index in [1.165, 1.54) is 111 Å². The van der Waals surface area contributed by atoms with Crippen molar-refractivity contribution in [3.8, 4) is 0 Å². The molecule has 0 saturated carbocycles. The summed E-state index contributed by atoms with van der Waals surface area (Å²) in [5.74, 6) is 0. The number of para-hydroxylation sites is 4. The Balaban J connectivity index is 1.24. The van der Waals surface area contributed by atoms with Crippen LogP contribution in [0.15, 0.2) is 170 Å². The van der Waals surface area contributed by atoms with Crippen LogP contribution in [-0.4, -0.2) is 29.6 Å². The van der Waals surface area contributed by atoms with E-state index in [-0.39, 0.29) is 13.4 Å². The summed E-state index contributed by atoms with van der Waals surface area (Å²) in [5.41, 5.74) is 23.8. The molecule has 5 heterocycles. The van der Waals surface area contributed by atoms with Crippen molar-refractivity contribution in [1.82, 2.24) is 0 Å². The Morgan fingerprint density at radius 1 is 0.274 bits per heavy atom. The van der Waals surface area contributed by atoms with E-state index in [0.29, 0.717) is 0 Å². The van der Waals surface area contributed by atoms with Gasteiger partial charge in [0.25, 0.3) is 13.4 Å². The molecule has 0 fully saturated rings. The maximum atomic E-state index is 2.62. The fraction of sp³-hybridized carbons (Fsp3) is 0.111. The van der Waals surface area contributed by atoms with E-state index < -0.39 is 16.1 Å². The van der Waals surface area contributed by atoms with Crippen LogP contribution in [0.25, 0.3) is 0 Å². The third-order valence-electron chi connectivity index (χ3n) is 14.2. The summed E-state index contributed by atoms with van der Waals surface area (Å²) < 4.78 is 0. The first-order valence-corrected chi connectivity index (χ1v) is 29.2. The zero-order valence-electron chi connectivity index (χ0n) is 36.1. The van der Waals surface area contributed by atoms with Crippen LogP contribution < -0.4 is 62.7 Å². The summed E-state index contributed by atoms with van der Waals surface area (Å²) >= 11 is 0. The second kappa shape index (κ2) is 12.6. The monoisotopic (exact) mass is 828 g/mol. The lowest BCUT2D eigenvalue weighted by molar-refractivity contribution is 1.23. The van der Waals surface area contributed by atoms with Gasteiger partial charge in [0.15, 0.2) is 0 Å². The molecule has 296 valence electrons. The van der Waals surface area contributed by atoms with Crippen LogP contribution in [-0.2, 0) is 0 Å². The van der Waals surface area contributed by atoms with Gasteiger partial charge in [-0.25, -0.2) is 0 Å². The summed E-state index contributed by atoms with van der Waals surface area (Å²) in [5, 5.41) is 2.93. The van der Waals surface area contributed by atoms with Crippen LogP contribution in [0.3, 0.4) is 0 Å². The summed E-state index contributed by atoms with van der Waals surface area (Å²) in [6.07, 6.45) is 0. The number of hydrogen-bond donors (Lipinski definition) is 0. The van der Waals surface area contributed by atoms with E-state index in [1.54, 1.807) is 0 Å². The van der Waals surface area contributed by atoms with Gasteiger partial charge in [0.05, 0.1) is 16.1 Å². The minimum absolute atomic E-state index is 0.0429. The van der Waals surface area contributed by atoms with E-state index in [2.05, 4.69) is 229 Å². The number of rotatable bonds is 6. The molecule has 0 spiro atoms. The van der Waals surface area contributed by atoms with Gasteiger partial charge in [-0.3, -0.25) is 0 Å². The summed E-state index contributed by atoms with van der Waals surface area (Å²) in [6.45, 7) is 15.0. The Labute approximate surface area is 367 Å². The summed E-state index contributed by atoms with van der Waals surface area (Å²) in [4.78, 5) is 10.5. The van der Waals surface area contributed by atoms with E-state index in [1.807, 2.05) is 0 Å². The SMILES string of the molecule is C[Si](C)(C)c1cc2c3c(c1)N(c1ccccc1)c1ccc4c5c1B3c1c(ccc3c1B5c1c(cc([Si](C)(C)C)cc1N4c1ccccc1)N3c1ccccc1)N2c1ccccc1. The number of nitrogens with zero attached hydrogens (tertiary/aromatic N) is 4. The fourth-order valence-corrected chi connectivity index (χ4v) is 13.7. The molecule has 0 unspecified atom stereocenters. The molecule has 0 amide bonds. The second-order valence-corrected chi connectivity index (χ2v) is 29.9. The normalized spacial score (nSPS) is 14.7. The number of hydrogen-bond acceptors (Lipinski definition) is 4. The van der Waals surface area contributed by atoms with Gasteiger partial charge < -0.3 is 19.6 Å². The summed E-state index contributed by atoms with van der Waals surface area (Å²) in [6, 6.07) is 64.8. The molecule has 8 aromatic rings. The number of anilines is 12. The minimum Gasteiger partial charge on any atom is -0.311 e. The van der Waals surface area contributed by atoms with Crippen LogP contribution in [0.2, 0.25) is 39.3 Å². The van der Waals surface area contributed by atoms with Gasteiger partial charge in [0, 0.05) is 68.2 Å². The molecule has 5 aliphatic rings. The first kappa shape index (κ1) is 36.2. The molecule has 4 nitrogen and oxygen atoms in total. The zero-order chi connectivity index (χ0) is 41.8. The van der Waals surface area contributed by atoms with Crippen LogP contribution in [0.5, 0.6) is 0 Å². The maximum absolute atomic E-state index is 2.62. The van der Waals surface area contributed by atoms with Gasteiger partial charge in [0.2, 0.25) is 0 Å². The Morgan fingerprint density at radius 3 is 0.710 bits per heavy atom. The highest BCUT2D eigenvalue weighted by Crippen LogP contribution is 2.50. The van der Waals surface area contributed by atoms with Crippen molar-refractivity contribution in [3.05, 3.63) is 170 Å². The largest absolute Gasteiger partial charge is 0.311 e. The third kappa shape index (κ3) is 4.79. The average Bonchev–Trinajstić information content (AvgIpc) is 3.28. The highest BCUT2D eigenvalue weighted by Gasteiger charge is 2.56. The van der Waals surface area contributed by atoms with Crippen molar-refractivity contribution in [3.63, 3.8) is 0 Å². The van der Waals surface area contributed by atoms with Gasteiger partial charge in [0.1, 0.15) is 0 Å². The Bertz CT molecular complexity index is 2780. The summed E-state index contributed by atoms with van der Waals surface area (Å²) in [7, 11) is -3.63. The van der Waals surface area contributed by atoms with Crippen molar-refractivity contribution >= 4 is 141 Å². The topological polar surface area (TPSA) is 13.0 Å². The molecule has 62 heavy (non-hydrogen) atoms. The van der Waals surface area contributed by atoms with Crippen LogP contribution in [0.4, 0.5) is 68.2 Å². The number of benzene rings is 8. The second-order valence-electron chi connectivity index (χ2n) is 19.8. The zero-order valence-corrected chi connectivity index (χ0v) is 38.1. The Hall–Kier alpha value is -6.48. The molecule has 8 aromatic carbocycles. The van der Waals surface area contributed by atoms with Crippen molar-refractivity contribution in [2.75, 3.05) is 19.6 Å². The predicted molar refractivity (Wildman–Crippen MR) is 274 cm³/mol. The van der Waals surface area contributed by atoms with Crippen LogP contribution in [0, 0.1) is 0 Å². The van der Waals surface area contributed by atoms with E-state index in [9.17, 15) is 0 Å². The highest BCUT2D eigenvalue weighted by atomic mass is 28.3. The van der Waals surface area contributed by atoms with Gasteiger partial charge in [-0.15, -0.1) is 0 Å². The molecule has 0 bridgehead atoms. The molecule has 8 heteroatoms. The van der Waals surface area contributed by atoms with Crippen molar-refractivity contribution in [2.45, 2.75) is 39.3 Å². The van der Waals surface area contributed by atoms with Gasteiger partial charge in [-0.05, 0) is 130 Å². The molecule has 0 atom stereocenters. The molecular weight excluding hydrogens is 782 g/mol. The van der Waals surface area contributed by atoms with Crippen molar-refractivity contribution in [2.24, 2.45) is 0 Å². The van der Waals surface area contributed by atoms with Gasteiger partial charge in [-0.2, -0.15) is 0 Å².